The summed E-state index contributed by atoms with van der Waals surface area (Å²) in [4.78, 5) is 0. The second kappa shape index (κ2) is 6.76. The zero-order chi connectivity index (χ0) is 13.0. The van der Waals surface area contributed by atoms with Crippen LogP contribution in [0.1, 0.15) is 18.9 Å². The Balaban J connectivity index is 2.08. The van der Waals surface area contributed by atoms with Gasteiger partial charge >= 0.3 is 0 Å². The van der Waals surface area contributed by atoms with Crippen molar-refractivity contribution >= 4 is 23.2 Å². The molecule has 0 amide bonds. The van der Waals surface area contributed by atoms with Crippen LogP contribution in [0.15, 0.2) is 18.2 Å². The summed E-state index contributed by atoms with van der Waals surface area (Å²) in [5, 5.41) is 5.07. The lowest BCUT2D eigenvalue weighted by molar-refractivity contribution is 0.0327. The van der Waals surface area contributed by atoms with Crippen molar-refractivity contribution < 1.29 is 4.74 Å². The maximum atomic E-state index is 6.22. The summed E-state index contributed by atoms with van der Waals surface area (Å²) < 4.78 is 5.58. The molecule has 1 aromatic carbocycles. The smallest absolute Gasteiger partial charge is 0.0512 e. The number of benzene rings is 1. The number of ether oxygens (including phenoxy) is 1. The minimum absolute atomic E-state index is 0.467. The lowest BCUT2D eigenvalue weighted by atomic mass is 9.89. The van der Waals surface area contributed by atoms with Gasteiger partial charge in [-0.15, -0.1) is 0 Å². The van der Waals surface area contributed by atoms with E-state index in [9.17, 15) is 0 Å². The van der Waals surface area contributed by atoms with E-state index in [1.54, 1.807) is 0 Å². The standard InChI is InChI=1S/C14H19Cl2NO/c1-2-17-14-5-6-18-9-11(14)7-10-8-12(15)3-4-13(10)16/h3-4,8,11,14,17H,2,5-7,9H2,1H3/t11-,14-/m1/s1. The van der Waals surface area contributed by atoms with E-state index in [0.29, 0.717) is 12.0 Å². The van der Waals surface area contributed by atoms with Crippen molar-refractivity contribution in [1.82, 2.24) is 5.32 Å². The Morgan fingerprint density at radius 2 is 2.22 bits per heavy atom. The van der Waals surface area contributed by atoms with E-state index in [2.05, 4.69) is 12.2 Å². The molecule has 1 saturated heterocycles. The van der Waals surface area contributed by atoms with Gasteiger partial charge in [-0.2, -0.15) is 0 Å². The van der Waals surface area contributed by atoms with E-state index < -0.39 is 0 Å². The Morgan fingerprint density at radius 1 is 1.39 bits per heavy atom. The molecule has 4 heteroatoms. The molecule has 0 saturated carbocycles. The van der Waals surface area contributed by atoms with Crippen molar-refractivity contribution in [3.63, 3.8) is 0 Å². The second-order valence-electron chi connectivity index (χ2n) is 4.73. The monoisotopic (exact) mass is 287 g/mol. The minimum atomic E-state index is 0.467. The fourth-order valence-corrected chi connectivity index (χ4v) is 2.90. The molecule has 1 aliphatic rings. The quantitative estimate of drug-likeness (QED) is 0.914. The van der Waals surface area contributed by atoms with Crippen LogP contribution >= 0.6 is 23.2 Å². The molecule has 0 bridgehead atoms. The molecule has 100 valence electrons. The lowest BCUT2D eigenvalue weighted by Crippen LogP contribution is -2.43. The molecule has 1 aromatic rings. The first-order valence-electron chi connectivity index (χ1n) is 6.45. The van der Waals surface area contributed by atoms with Crippen molar-refractivity contribution in [2.75, 3.05) is 19.8 Å². The highest BCUT2D eigenvalue weighted by atomic mass is 35.5. The van der Waals surface area contributed by atoms with Crippen molar-refractivity contribution in [2.24, 2.45) is 5.92 Å². The molecule has 0 radical (unpaired) electrons. The molecule has 0 unspecified atom stereocenters. The summed E-state index contributed by atoms with van der Waals surface area (Å²) >= 11 is 12.2. The fraction of sp³-hybridized carbons (Fsp3) is 0.571. The Hall–Kier alpha value is -0.280. The second-order valence-corrected chi connectivity index (χ2v) is 5.57. The summed E-state index contributed by atoms with van der Waals surface area (Å²) in [7, 11) is 0. The van der Waals surface area contributed by atoms with E-state index in [0.717, 1.165) is 48.2 Å². The zero-order valence-corrected chi connectivity index (χ0v) is 12.1. The Kier molecular flexibility index (Phi) is 5.31. The van der Waals surface area contributed by atoms with Crippen molar-refractivity contribution in [3.05, 3.63) is 33.8 Å². The Morgan fingerprint density at radius 3 is 3.00 bits per heavy atom. The van der Waals surface area contributed by atoms with Crippen molar-refractivity contribution in [3.8, 4) is 0 Å². The molecule has 1 heterocycles. The minimum Gasteiger partial charge on any atom is -0.381 e. The predicted octanol–water partition coefficient (Wildman–Crippen LogP) is 3.55. The first-order chi connectivity index (χ1) is 8.70. The van der Waals surface area contributed by atoms with Crippen LogP contribution < -0.4 is 5.32 Å². The van der Waals surface area contributed by atoms with E-state index >= 15 is 0 Å². The van der Waals surface area contributed by atoms with Crippen LogP contribution in [0, 0.1) is 5.92 Å². The molecule has 1 aliphatic heterocycles. The molecule has 18 heavy (non-hydrogen) atoms. The highest BCUT2D eigenvalue weighted by Crippen LogP contribution is 2.26. The van der Waals surface area contributed by atoms with Gasteiger partial charge in [0.2, 0.25) is 0 Å². The molecule has 2 rings (SSSR count). The maximum Gasteiger partial charge on any atom is 0.0512 e. The van der Waals surface area contributed by atoms with Gasteiger partial charge in [-0.3, -0.25) is 0 Å². The van der Waals surface area contributed by atoms with Crippen molar-refractivity contribution in [1.29, 1.82) is 0 Å². The molecular formula is C14H19Cl2NO. The normalized spacial score (nSPS) is 24.2. The average Bonchev–Trinajstić information content (AvgIpc) is 2.36. The first-order valence-corrected chi connectivity index (χ1v) is 7.21. The maximum absolute atomic E-state index is 6.22. The number of hydrogen-bond acceptors (Lipinski definition) is 2. The van der Waals surface area contributed by atoms with Gasteiger partial charge in [-0.05, 0) is 43.1 Å². The highest BCUT2D eigenvalue weighted by Gasteiger charge is 2.25. The third-order valence-corrected chi connectivity index (χ3v) is 4.03. The van der Waals surface area contributed by atoms with E-state index in [1.165, 1.54) is 0 Å². The largest absolute Gasteiger partial charge is 0.381 e. The summed E-state index contributed by atoms with van der Waals surface area (Å²) in [6.07, 6.45) is 1.98. The van der Waals surface area contributed by atoms with Crippen LogP contribution in [0.25, 0.3) is 0 Å². The van der Waals surface area contributed by atoms with Crippen LogP contribution in [0.4, 0.5) is 0 Å². The molecular weight excluding hydrogens is 269 g/mol. The number of nitrogens with one attached hydrogen (secondary N) is 1. The molecule has 0 spiro atoms. The zero-order valence-electron chi connectivity index (χ0n) is 10.6. The third-order valence-electron chi connectivity index (χ3n) is 3.43. The summed E-state index contributed by atoms with van der Waals surface area (Å²) in [6.45, 7) is 4.77. The average molecular weight is 288 g/mol. The third kappa shape index (κ3) is 3.61. The summed E-state index contributed by atoms with van der Waals surface area (Å²) in [5.74, 6) is 0.467. The molecule has 0 aliphatic carbocycles. The number of halogens is 2. The van der Waals surface area contributed by atoms with Crippen LogP contribution in [-0.4, -0.2) is 25.8 Å². The van der Waals surface area contributed by atoms with Gasteiger partial charge in [0.15, 0.2) is 0 Å². The van der Waals surface area contributed by atoms with Gasteiger partial charge < -0.3 is 10.1 Å². The number of rotatable bonds is 4. The van der Waals surface area contributed by atoms with Gasteiger partial charge in [0.05, 0.1) is 6.61 Å². The molecule has 2 atom stereocenters. The predicted molar refractivity (Wildman–Crippen MR) is 76.6 cm³/mol. The molecule has 2 nitrogen and oxygen atoms in total. The van der Waals surface area contributed by atoms with Crippen LogP contribution in [0.3, 0.4) is 0 Å². The number of hydrogen-bond donors (Lipinski definition) is 1. The van der Waals surface area contributed by atoms with Crippen LogP contribution in [0.5, 0.6) is 0 Å². The topological polar surface area (TPSA) is 21.3 Å². The Labute approximate surface area is 119 Å². The van der Waals surface area contributed by atoms with Crippen LogP contribution in [-0.2, 0) is 11.2 Å². The van der Waals surface area contributed by atoms with Crippen LogP contribution in [0.2, 0.25) is 10.0 Å². The highest BCUT2D eigenvalue weighted by molar-refractivity contribution is 6.33. The fourth-order valence-electron chi connectivity index (χ4n) is 2.51. The van der Waals surface area contributed by atoms with Crippen molar-refractivity contribution in [2.45, 2.75) is 25.8 Å². The first kappa shape index (κ1) is 14.1. The lowest BCUT2D eigenvalue weighted by Gasteiger charge is -2.32. The van der Waals surface area contributed by atoms with Gasteiger partial charge in [0.25, 0.3) is 0 Å². The van der Waals surface area contributed by atoms with Gasteiger partial charge in [-0.1, -0.05) is 30.1 Å². The van der Waals surface area contributed by atoms with Gasteiger partial charge in [-0.25, -0.2) is 0 Å². The van der Waals surface area contributed by atoms with E-state index in [1.807, 2.05) is 18.2 Å². The van der Waals surface area contributed by atoms with Gasteiger partial charge in [0.1, 0.15) is 0 Å². The van der Waals surface area contributed by atoms with E-state index in [-0.39, 0.29) is 0 Å². The molecule has 0 aromatic heterocycles. The molecule has 1 fully saturated rings. The van der Waals surface area contributed by atoms with Gasteiger partial charge in [0, 0.05) is 28.6 Å². The Bertz CT molecular complexity index is 395. The summed E-state index contributed by atoms with van der Waals surface area (Å²) in [6, 6.07) is 6.16. The summed E-state index contributed by atoms with van der Waals surface area (Å²) in [5.41, 5.74) is 1.11. The molecule has 1 N–H and O–H groups in total. The SMILES string of the molecule is CCN[C@@H]1CCOC[C@H]1Cc1cc(Cl)ccc1Cl. The van der Waals surface area contributed by atoms with E-state index in [4.69, 9.17) is 27.9 Å².